The fraction of sp³-hybridized carbons (Fsp3) is 0.611. The minimum atomic E-state index is -3.56. The number of piperazine rings is 1. The van der Waals surface area contributed by atoms with Crippen molar-refractivity contribution < 1.29 is 13.2 Å². The van der Waals surface area contributed by atoms with Crippen LogP contribution in [0.5, 0.6) is 0 Å². The fourth-order valence-electron chi connectivity index (χ4n) is 3.66. The van der Waals surface area contributed by atoms with E-state index in [0.29, 0.717) is 18.7 Å². The molecule has 0 saturated carbocycles. The second kappa shape index (κ2) is 8.69. The van der Waals surface area contributed by atoms with Crippen LogP contribution in [0.4, 0.5) is 0 Å². The molecule has 0 spiro atoms. The molecule has 2 heterocycles. The molecular weight excluding hydrogens is 374 g/mol. The zero-order valence-electron chi connectivity index (χ0n) is 15.3. The van der Waals surface area contributed by atoms with Gasteiger partial charge in [0.05, 0.1) is 4.90 Å². The number of nitrogens with zero attached hydrogens (tertiary/aromatic N) is 2. The first kappa shape index (κ1) is 21.2. The third-order valence-corrected chi connectivity index (χ3v) is 7.20. The Labute approximate surface area is 162 Å². The van der Waals surface area contributed by atoms with Gasteiger partial charge in [0.1, 0.15) is 0 Å². The Morgan fingerprint density at radius 3 is 2.62 bits per heavy atom. The number of sulfonamides is 1. The molecule has 1 aromatic rings. The van der Waals surface area contributed by atoms with Crippen molar-refractivity contribution in [3.8, 4) is 0 Å². The molecule has 146 valence electrons. The molecule has 3 rings (SSSR count). The van der Waals surface area contributed by atoms with Crippen LogP contribution in [0.15, 0.2) is 29.2 Å². The number of piperidine rings is 1. The molecule has 2 aliphatic heterocycles. The van der Waals surface area contributed by atoms with Crippen molar-refractivity contribution in [2.24, 2.45) is 0 Å². The monoisotopic (exact) mass is 401 g/mol. The molecule has 0 aliphatic carbocycles. The Bertz CT molecular complexity index is 741. The number of carbonyl (C=O) groups is 1. The highest BCUT2D eigenvalue weighted by Gasteiger charge is 2.32. The molecule has 0 radical (unpaired) electrons. The van der Waals surface area contributed by atoms with Gasteiger partial charge in [-0.1, -0.05) is 12.5 Å². The van der Waals surface area contributed by atoms with Crippen LogP contribution in [0.3, 0.4) is 0 Å². The number of benzene rings is 1. The van der Waals surface area contributed by atoms with Gasteiger partial charge in [-0.3, -0.25) is 4.79 Å². The van der Waals surface area contributed by atoms with Gasteiger partial charge in [0.2, 0.25) is 10.0 Å². The van der Waals surface area contributed by atoms with Crippen LogP contribution in [-0.2, 0) is 10.0 Å². The molecule has 1 aromatic carbocycles. The summed E-state index contributed by atoms with van der Waals surface area (Å²) >= 11 is 0. The summed E-state index contributed by atoms with van der Waals surface area (Å²) in [5, 5.41) is 3.26. The summed E-state index contributed by atoms with van der Waals surface area (Å²) in [5.74, 6) is -0.0993. The summed E-state index contributed by atoms with van der Waals surface area (Å²) in [7, 11) is -3.56. The Balaban J connectivity index is 0.00000243. The average Bonchev–Trinajstić information content (AvgIpc) is 2.62. The van der Waals surface area contributed by atoms with Crippen molar-refractivity contribution in [2.45, 2.75) is 50.1 Å². The number of hydrogen-bond acceptors (Lipinski definition) is 4. The van der Waals surface area contributed by atoms with Gasteiger partial charge in [0.25, 0.3) is 5.91 Å². The first-order valence-corrected chi connectivity index (χ1v) is 10.5. The Morgan fingerprint density at radius 1 is 1.15 bits per heavy atom. The van der Waals surface area contributed by atoms with Gasteiger partial charge >= 0.3 is 0 Å². The lowest BCUT2D eigenvalue weighted by Crippen LogP contribution is -2.52. The van der Waals surface area contributed by atoms with E-state index >= 15 is 0 Å². The fourth-order valence-corrected chi connectivity index (χ4v) is 5.41. The predicted octanol–water partition coefficient (Wildman–Crippen LogP) is 2.11. The van der Waals surface area contributed by atoms with Gasteiger partial charge in [-0.25, -0.2) is 8.42 Å². The molecule has 2 aliphatic rings. The minimum Gasteiger partial charge on any atom is -0.333 e. The first-order valence-electron chi connectivity index (χ1n) is 9.05. The van der Waals surface area contributed by atoms with Gasteiger partial charge in [0, 0.05) is 43.8 Å². The number of carbonyl (C=O) groups excluding carboxylic acids is 1. The molecule has 26 heavy (non-hydrogen) atoms. The maximum atomic E-state index is 13.0. The van der Waals surface area contributed by atoms with Gasteiger partial charge in [0.15, 0.2) is 0 Å². The molecule has 2 atom stereocenters. The molecule has 0 aromatic heterocycles. The lowest BCUT2D eigenvalue weighted by atomic mass is 10.1. The zero-order chi connectivity index (χ0) is 18.0. The minimum absolute atomic E-state index is 0. The van der Waals surface area contributed by atoms with Gasteiger partial charge in [-0.2, -0.15) is 4.31 Å². The maximum absolute atomic E-state index is 13.0. The maximum Gasteiger partial charge on any atom is 0.254 e. The van der Waals surface area contributed by atoms with Crippen LogP contribution in [0.2, 0.25) is 0 Å². The van der Waals surface area contributed by atoms with E-state index in [2.05, 4.69) is 5.32 Å². The summed E-state index contributed by atoms with van der Waals surface area (Å²) in [6, 6.07) is 6.61. The third-order valence-electron chi connectivity index (χ3n) is 5.19. The largest absolute Gasteiger partial charge is 0.333 e. The van der Waals surface area contributed by atoms with Gasteiger partial charge in [-0.05, 0) is 44.9 Å². The van der Waals surface area contributed by atoms with E-state index in [-0.39, 0.29) is 35.3 Å². The Hall–Kier alpha value is -1.15. The number of halogens is 1. The predicted molar refractivity (Wildman–Crippen MR) is 104 cm³/mol. The number of nitrogens with one attached hydrogen (secondary N) is 1. The second-order valence-electron chi connectivity index (χ2n) is 7.04. The van der Waals surface area contributed by atoms with Crippen LogP contribution in [-0.4, -0.2) is 61.8 Å². The van der Waals surface area contributed by atoms with Gasteiger partial charge in [-0.15, -0.1) is 12.4 Å². The number of amides is 1. The molecule has 1 amide bonds. The highest BCUT2D eigenvalue weighted by Crippen LogP contribution is 2.26. The van der Waals surface area contributed by atoms with E-state index in [0.717, 1.165) is 32.4 Å². The lowest BCUT2D eigenvalue weighted by molar-refractivity contribution is 0.0655. The smallest absolute Gasteiger partial charge is 0.254 e. The summed E-state index contributed by atoms with van der Waals surface area (Å²) < 4.78 is 27.6. The second-order valence-corrected chi connectivity index (χ2v) is 8.93. The van der Waals surface area contributed by atoms with Crippen molar-refractivity contribution >= 4 is 28.3 Å². The normalized spacial score (nSPS) is 24.8. The Morgan fingerprint density at radius 2 is 1.92 bits per heavy atom. The molecule has 2 saturated heterocycles. The summed E-state index contributed by atoms with van der Waals surface area (Å²) in [6.45, 7) is 6.67. The van der Waals surface area contributed by atoms with E-state index in [4.69, 9.17) is 0 Å². The average molecular weight is 402 g/mol. The summed E-state index contributed by atoms with van der Waals surface area (Å²) in [4.78, 5) is 14.8. The molecule has 6 nitrogen and oxygen atoms in total. The standard InChI is InChI=1S/C18H27N3O3S.ClH/c1-14-6-3-4-10-21(14)25(23,24)17-8-5-7-16(12-17)18(22)20-11-9-19-13-15(20)2;/h5,7-8,12,14-15,19H,3-4,6,9-11,13H2,1-2H3;1H. The first-order chi connectivity index (χ1) is 11.9. The molecular formula is C18H28ClN3O3S. The third kappa shape index (κ3) is 4.22. The van der Waals surface area contributed by atoms with Crippen molar-refractivity contribution in [3.05, 3.63) is 29.8 Å². The van der Waals surface area contributed by atoms with E-state index in [9.17, 15) is 13.2 Å². The topological polar surface area (TPSA) is 69.7 Å². The van der Waals surface area contributed by atoms with Crippen LogP contribution >= 0.6 is 12.4 Å². The van der Waals surface area contributed by atoms with Crippen LogP contribution in [0.25, 0.3) is 0 Å². The van der Waals surface area contributed by atoms with Crippen molar-refractivity contribution in [1.29, 1.82) is 0 Å². The van der Waals surface area contributed by atoms with E-state index < -0.39 is 10.0 Å². The number of hydrogen-bond donors (Lipinski definition) is 1. The molecule has 2 fully saturated rings. The van der Waals surface area contributed by atoms with Crippen molar-refractivity contribution in [1.82, 2.24) is 14.5 Å². The van der Waals surface area contributed by atoms with Crippen LogP contribution < -0.4 is 5.32 Å². The van der Waals surface area contributed by atoms with E-state index in [1.54, 1.807) is 22.5 Å². The lowest BCUT2D eigenvalue weighted by Gasteiger charge is -2.34. The highest BCUT2D eigenvalue weighted by atomic mass is 35.5. The summed E-state index contributed by atoms with van der Waals surface area (Å²) in [6.07, 6.45) is 2.84. The molecule has 0 bridgehead atoms. The molecule has 1 N–H and O–H groups in total. The van der Waals surface area contributed by atoms with Crippen molar-refractivity contribution in [2.75, 3.05) is 26.2 Å². The van der Waals surface area contributed by atoms with Crippen molar-refractivity contribution in [3.63, 3.8) is 0 Å². The van der Waals surface area contributed by atoms with Crippen LogP contribution in [0.1, 0.15) is 43.5 Å². The SMILES string of the molecule is CC1CNCCN1C(=O)c1cccc(S(=O)(=O)N2CCCCC2C)c1.Cl. The zero-order valence-corrected chi connectivity index (χ0v) is 17.0. The van der Waals surface area contributed by atoms with E-state index in [1.165, 1.54) is 6.07 Å². The highest BCUT2D eigenvalue weighted by molar-refractivity contribution is 7.89. The molecule has 2 unspecified atom stereocenters. The van der Waals surface area contributed by atoms with Gasteiger partial charge < -0.3 is 10.2 Å². The Kier molecular flexibility index (Phi) is 7.07. The summed E-state index contributed by atoms with van der Waals surface area (Å²) in [5.41, 5.74) is 0.444. The van der Waals surface area contributed by atoms with E-state index in [1.807, 2.05) is 18.7 Å². The number of rotatable bonds is 3. The van der Waals surface area contributed by atoms with Crippen LogP contribution in [0, 0.1) is 0 Å². The molecule has 8 heteroatoms. The quantitative estimate of drug-likeness (QED) is 0.842.